The van der Waals surface area contributed by atoms with Crippen LogP contribution in [0.25, 0.3) is 11.1 Å². The van der Waals surface area contributed by atoms with E-state index in [0.29, 0.717) is 12.0 Å². The van der Waals surface area contributed by atoms with Gasteiger partial charge in [0.05, 0.1) is 24.7 Å². The SMILES string of the molecule is CCC(=O)NC[C@H]1[C@@H](c2ccc(-c3ccc(C#N)cc3)cc2)[C@@H](CO)N1CCC(F)(F)F. The van der Waals surface area contributed by atoms with Crippen LogP contribution >= 0.6 is 0 Å². The van der Waals surface area contributed by atoms with Gasteiger partial charge >= 0.3 is 6.18 Å². The lowest BCUT2D eigenvalue weighted by Gasteiger charge is -2.55. The molecule has 2 aromatic rings. The summed E-state index contributed by atoms with van der Waals surface area (Å²) in [7, 11) is 0. The molecule has 0 aliphatic carbocycles. The molecule has 5 nitrogen and oxygen atoms in total. The molecule has 1 heterocycles. The van der Waals surface area contributed by atoms with Crippen LogP contribution < -0.4 is 5.32 Å². The zero-order valence-electron chi connectivity index (χ0n) is 17.8. The molecule has 0 radical (unpaired) electrons. The monoisotopic (exact) mass is 445 g/mol. The van der Waals surface area contributed by atoms with Crippen LogP contribution in [0.5, 0.6) is 0 Å². The number of alkyl halides is 3. The maximum absolute atomic E-state index is 12.8. The third kappa shape index (κ3) is 5.47. The van der Waals surface area contributed by atoms with Crippen molar-refractivity contribution in [3.8, 4) is 17.2 Å². The molecule has 1 fully saturated rings. The number of hydrogen-bond donors (Lipinski definition) is 2. The molecule has 0 spiro atoms. The fraction of sp³-hybridized carbons (Fsp3) is 0.417. The number of amides is 1. The average molecular weight is 445 g/mol. The maximum atomic E-state index is 12.8. The highest BCUT2D eigenvalue weighted by atomic mass is 19.4. The number of benzene rings is 2. The molecule has 2 aromatic carbocycles. The van der Waals surface area contributed by atoms with E-state index in [1.54, 1.807) is 24.0 Å². The predicted octanol–water partition coefficient (Wildman–Crippen LogP) is 3.83. The van der Waals surface area contributed by atoms with Gasteiger partial charge in [-0.3, -0.25) is 9.69 Å². The number of likely N-dealkylation sites (tertiary alicyclic amines) is 1. The van der Waals surface area contributed by atoms with Crippen molar-refractivity contribution in [1.82, 2.24) is 10.2 Å². The molecule has 0 aromatic heterocycles. The number of aliphatic hydroxyl groups excluding tert-OH is 1. The number of nitriles is 1. The summed E-state index contributed by atoms with van der Waals surface area (Å²) in [5.74, 6) is -0.358. The second-order valence-electron chi connectivity index (χ2n) is 7.91. The third-order valence-corrected chi connectivity index (χ3v) is 5.99. The molecule has 32 heavy (non-hydrogen) atoms. The Morgan fingerprint density at radius 3 is 2.19 bits per heavy atom. The summed E-state index contributed by atoms with van der Waals surface area (Å²) in [5.41, 5.74) is 3.37. The molecule has 3 rings (SSSR count). The van der Waals surface area contributed by atoms with Gasteiger partial charge in [-0.1, -0.05) is 43.3 Å². The van der Waals surface area contributed by atoms with E-state index in [-0.39, 0.29) is 37.6 Å². The Bertz CT molecular complexity index is 952. The quantitative estimate of drug-likeness (QED) is 0.648. The number of aliphatic hydroxyl groups is 1. The van der Waals surface area contributed by atoms with Gasteiger partial charge in [0.15, 0.2) is 0 Å². The van der Waals surface area contributed by atoms with E-state index in [9.17, 15) is 23.1 Å². The largest absolute Gasteiger partial charge is 0.395 e. The number of nitrogens with zero attached hydrogens (tertiary/aromatic N) is 2. The topological polar surface area (TPSA) is 76.4 Å². The zero-order chi connectivity index (χ0) is 23.3. The van der Waals surface area contributed by atoms with E-state index < -0.39 is 18.6 Å². The number of nitrogens with one attached hydrogen (secondary N) is 1. The van der Waals surface area contributed by atoms with Crippen molar-refractivity contribution in [2.24, 2.45) is 0 Å². The van der Waals surface area contributed by atoms with Crippen molar-refractivity contribution in [3.63, 3.8) is 0 Å². The summed E-state index contributed by atoms with van der Waals surface area (Å²) >= 11 is 0. The van der Waals surface area contributed by atoms with E-state index in [0.717, 1.165) is 16.7 Å². The molecule has 1 saturated heterocycles. The van der Waals surface area contributed by atoms with Gasteiger partial charge in [-0.25, -0.2) is 0 Å². The first-order valence-corrected chi connectivity index (χ1v) is 10.6. The summed E-state index contributed by atoms with van der Waals surface area (Å²) in [6.45, 7) is 1.45. The zero-order valence-corrected chi connectivity index (χ0v) is 17.8. The first kappa shape index (κ1) is 23.8. The minimum absolute atomic E-state index is 0.164. The smallest absolute Gasteiger partial charge is 0.390 e. The second-order valence-corrected chi connectivity index (χ2v) is 7.91. The summed E-state index contributed by atoms with van der Waals surface area (Å²) in [6, 6.07) is 16.2. The van der Waals surface area contributed by atoms with E-state index >= 15 is 0 Å². The maximum Gasteiger partial charge on any atom is 0.390 e. The number of hydrogen-bond acceptors (Lipinski definition) is 4. The predicted molar refractivity (Wildman–Crippen MR) is 115 cm³/mol. The molecule has 0 unspecified atom stereocenters. The van der Waals surface area contributed by atoms with Gasteiger partial charge in [-0.05, 0) is 28.8 Å². The Morgan fingerprint density at radius 2 is 1.69 bits per heavy atom. The van der Waals surface area contributed by atoms with Crippen molar-refractivity contribution in [2.45, 2.75) is 43.9 Å². The molecule has 0 bridgehead atoms. The van der Waals surface area contributed by atoms with E-state index in [2.05, 4.69) is 11.4 Å². The summed E-state index contributed by atoms with van der Waals surface area (Å²) < 4.78 is 38.4. The molecule has 1 aliphatic heterocycles. The molecular weight excluding hydrogens is 419 g/mol. The average Bonchev–Trinajstić information content (AvgIpc) is 2.78. The fourth-order valence-electron chi connectivity index (χ4n) is 4.29. The first-order chi connectivity index (χ1) is 15.3. The highest BCUT2D eigenvalue weighted by molar-refractivity contribution is 5.75. The number of carbonyl (C=O) groups excluding carboxylic acids is 1. The summed E-state index contributed by atoms with van der Waals surface area (Å²) in [5, 5.41) is 21.6. The Hall–Kier alpha value is -2.89. The normalized spacial score (nSPS) is 20.9. The van der Waals surface area contributed by atoms with Crippen LogP contribution in [0.3, 0.4) is 0 Å². The van der Waals surface area contributed by atoms with E-state index in [1.165, 1.54) is 0 Å². The van der Waals surface area contributed by atoms with Crippen LogP contribution in [0.15, 0.2) is 48.5 Å². The van der Waals surface area contributed by atoms with Crippen LogP contribution in [0.1, 0.15) is 36.8 Å². The van der Waals surface area contributed by atoms with Crippen LogP contribution in [0.4, 0.5) is 13.2 Å². The lowest BCUT2D eigenvalue weighted by atomic mass is 9.74. The van der Waals surface area contributed by atoms with E-state index in [1.807, 2.05) is 36.4 Å². The van der Waals surface area contributed by atoms with Gasteiger partial charge in [0.1, 0.15) is 0 Å². The summed E-state index contributed by atoms with van der Waals surface area (Å²) in [4.78, 5) is 13.4. The lowest BCUT2D eigenvalue weighted by Crippen LogP contribution is -2.67. The van der Waals surface area contributed by atoms with Gasteiger partial charge in [-0.2, -0.15) is 18.4 Å². The van der Waals surface area contributed by atoms with Gasteiger partial charge < -0.3 is 10.4 Å². The molecule has 2 N–H and O–H groups in total. The highest BCUT2D eigenvalue weighted by Crippen LogP contribution is 2.41. The highest BCUT2D eigenvalue weighted by Gasteiger charge is 2.49. The Morgan fingerprint density at radius 1 is 1.09 bits per heavy atom. The number of carbonyl (C=O) groups is 1. The molecule has 170 valence electrons. The van der Waals surface area contributed by atoms with Gasteiger partial charge in [0.2, 0.25) is 5.91 Å². The first-order valence-electron chi connectivity index (χ1n) is 10.6. The molecule has 1 aliphatic rings. The van der Waals surface area contributed by atoms with Crippen molar-refractivity contribution in [1.29, 1.82) is 5.26 Å². The Labute approximate surface area is 185 Å². The molecule has 3 atom stereocenters. The summed E-state index contributed by atoms with van der Waals surface area (Å²) in [6.07, 6.45) is -4.96. The minimum atomic E-state index is -4.29. The molecule has 8 heteroatoms. The van der Waals surface area contributed by atoms with Gasteiger partial charge in [-0.15, -0.1) is 0 Å². The number of rotatable bonds is 8. The molecule has 1 amide bonds. The standard InChI is InChI=1S/C24H26F3N3O2/c1-2-22(32)29-14-20-23(21(15-31)30(20)12-11-24(25,26)27)19-9-7-18(8-10-19)17-5-3-16(13-28)4-6-17/h3-10,20-21,23,31H,2,11-12,14-15H2,1H3,(H,29,32)/t20-,21+,23+/m0/s1. The van der Waals surface area contributed by atoms with Crippen molar-refractivity contribution in [2.75, 3.05) is 19.7 Å². The minimum Gasteiger partial charge on any atom is -0.395 e. The molecular formula is C24H26F3N3O2. The van der Waals surface area contributed by atoms with Crippen molar-refractivity contribution >= 4 is 5.91 Å². The van der Waals surface area contributed by atoms with Gasteiger partial charge in [0.25, 0.3) is 0 Å². The van der Waals surface area contributed by atoms with Gasteiger partial charge in [0, 0.05) is 37.5 Å². The third-order valence-electron chi connectivity index (χ3n) is 5.99. The van der Waals surface area contributed by atoms with Crippen LogP contribution in [-0.4, -0.2) is 53.9 Å². The Balaban J connectivity index is 1.80. The van der Waals surface area contributed by atoms with E-state index in [4.69, 9.17) is 5.26 Å². The van der Waals surface area contributed by atoms with Crippen molar-refractivity contribution in [3.05, 3.63) is 59.7 Å². The molecule has 0 saturated carbocycles. The fourth-order valence-corrected chi connectivity index (χ4v) is 4.29. The van der Waals surface area contributed by atoms with Crippen molar-refractivity contribution < 1.29 is 23.1 Å². The lowest BCUT2D eigenvalue weighted by molar-refractivity contribution is -0.150. The van der Waals surface area contributed by atoms with Crippen LogP contribution in [0.2, 0.25) is 0 Å². The van der Waals surface area contributed by atoms with Crippen LogP contribution in [-0.2, 0) is 4.79 Å². The number of halogens is 3. The van der Waals surface area contributed by atoms with Crippen LogP contribution in [0, 0.1) is 11.3 Å². The second kappa shape index (κ2) is 10.2. The Kier molecular flexibility index (Phi) is 7.54.